The van der Waals surface area contributed by atoms with E-state index in [1.54, 1.807) is 0 Å². The molecule has 0 unspecified atom stereocenters. The maximum Gasteiger partial charge on any atom is 0.225 e. The van der Waals surface area contributed by atoms with E-state index in [0.29, 0.717) is 13.2 Å². The molecule has 1 fully saturated rings. The van der Waals surface area contributed by atoms with Crippen LogP contribution in [-0.2, 0) is 4.79 Å². The first-order valence-corrected chi connectivity index (χ1v) is 8.60. The lowest BCUT2D eigenvalue weighted by Crippen LogP contribution is -2.45. The number of nitrogens with two attached hydrogens (primary N) is 1. The summed E-state index contributed by atoms with van der Waals surface area (Å²) in [6.45, 7) is 3.90. The van der Waals surface area contributed by atoms with E-state index < -0.39 is 0 Å². The highest BCUT2D eigenvalue weighted by Crippen LogP contribution is 2.31. The van der Waals surface area contributed by atoms with Crippen molar-refractivity contribution in [2.75, 3.05) is 19.7 Å². The number of carbonyl (C=O) groups is 1. The normalized spacial score (nSPS) is 26.1. The minimum absolute atomic E-state index is 0.0772. The van der Waals surface area contributed by atoms with Crippen molar-refractivity contribution >= 4 is 5.91 Å². The summed E-state index contributed by atoms with van der Waals surface area (Å²) in [5, 5.41) is 0. The van der Waals surface area contributed by atoms with Crippen LogP contribution in [-0.4, -0.2) is 42.6 Å². The van der Waals surface area contributed by atoms with E-state index in [4.69, 9.17) is 15.2 Å². The van der Waals surface area contributed by atoms with Gasteiger partial charge in [-0.15, -0.1) is 0 Å². The number of fused-ring (bicyclic) bond motifs is 1. The second-order valence-corrected chi connectivity index (χ2v) is 6.55. The molecule has 0 radical (unpaired) electrons. The molecular weight excluding hydrogens is 292 g/mol. The van der Waals surface area contributed by atoms with Crippen LogP contribution < -0.4 is 15.2 Å². The van der Waals surface area contributed by atoms with E-state index in [1.165, 1.54) is 0 Å². The van der Waals surface area contributed by atoms with Crippen LogP contribution in [0.5, 0.6) is 11.5 Å². The lowest BCUT2D eigenvalue weighted by Gasteiger charge is -2.32. The van der Waals surface area contributed by atoms with Crippen LogP contribution in [0, 0.1) is 5.92 Å². The Kier molecular flexibility index (Phi) is 5.06. The fourth-order valence-corrected chi connectivity index (χ4v) is 3.46. The largest absolute Gasteiger partial charge is 0.486 e. The van der Waals surface area contributed by atoms with Gasteiger partial charge in [-0.3, -0.25) is 4.79 Å². The van der Waals surface area contributed by atoms with Gasteiger partial charge >= 0.3 is 0 Å². The van der Waals surface area contributed by atoms with Gasteiger partial charge in [0.2, 0.25) is 5.91 Å². The highest BCUT2D eigenvalue weighted by atomic mass is 16.6. The van der Waals surface area contributed by atoms with Crippen LogP contribution >= 0.6 is 0 Å². The van der Waals surface area contributed by atoms with E-state index in [9.17, 15) is 4.79 Å². The maximum atomic E-state index is 12.8. The molecule has 3 atom stereocenters. The zero-order valence-corrected chi connectivity index (χ0v) is 13.7. The molecule has 1 aliphatic carbocycles. The Morgan fingerprint density at radius 1 is 1.30 bits per heavy atom. The van der Waals surface area contributed by atoms with Crippen molar-refractivity contribution in [1.29, 1.82) is 0 Å². The molecule has 1 aromatic rings. The van der Waals surface area contributed by atoms with Gasteiger partial charge in [0.1, 0.15) is 6.61 Å². The van der Waals surface area contributed by atoms with E-state index in [2.05, 4.69) is 6.92 Å². The molecule has 0 aromatic heterocycles. The Balaban J connectivity index is 1.62. The summed E-state index contributed by atoms with van der Waals surface area (Å²) in [7, 11) is 0. The molecule has 5 heteroatoms. The van der Waals surface area contributed by atoms with Gasteiger partial charge in [0, 0.05) is 18.5 Å². The average molecular weight is 318 g/mol. The van der Waals surface area contributed by atoms with Crippen molar-refractivity contribution in [3.63, 3.8) is 0 Å². The Labute approximate surface area is 137 Å². The Morgan fingerprint density at radius 2 is 2.09 bits per heavy atom. The molecule has 2 N–H and O–H groups in total. The molecule has 0 spiro atoms. The van der Waals surface area contributed by atoms with Crippen LogP contribution in [0.2, 0.25) is 0 Å². The summed E-state index contributed by atoms with van der Waals surface area (Å²) in [5.41, 5.74) is 5.96. The number of amides is 1. The second-order valence-electron chi connectivity index (χ2n) is 6.55. The number of carbonyl (C=O) groups excluding carboxylic acids is 1. The molecule has 0 saturated heterocycles. The lowest BCUT2D eigenvalue weighted by atomic mass is 10.1. The number of nitrogens with zero attached hydrogens (tertiary/aromatic N) is 1. The molecule has 2 aliphatic rings. The average Bonchev–Trinajstić information content (AvgIpc) is 3.00. The Bertz CT molecular complexity index is 549. The van der Waals surface area contributed by atoms with Crippen molar-refractivity contribution in [2.45, 2.75) is 44.8 Å². The number of hydrogen-bond donors (Lipinski definition) is 1. The molecule has 1 heterocycles. The third-order valence-corrected chi connectivity index (χ3v) is 4.62. The van der Waals surface area contributed by atoms with E-state index >= 15 is 0 Å². The summed E-state index contributed by atoms with van der Waals surface area (Å²) in [6.07, 6.45) is 3.49. The Morgan fingerprint density at radius 3 is 2.78 bits per heavy atom. The fourth-order valence-electron chi connectivity index (χ4n) is 3.46. The SMILES string of the molecule is CCCN(C[C@@H]1COc2ccccc2O1)C(=O)[C@@H]1CC[C@@H](N)C1. The minimum atomic E-state index is -0.115. The monoisotopic (exact) mass is 318 g/mol. The van der Waals surface area contributed by atoms with Gasteiger partial charge in [-0.05, 0) is 37.8 Å². The maximum absolute atomic E-state index is 12.8. The number of rotatable bonds is 5. The van der Waals surface area contributed by atoms with Crippen molar-refractivity contribution in [1.82, 2.24) is 4.90 Å². The molecule has 1 aromatic carbocycles. The zero-order chi connectivity index (χ0) is 16.2. The van der Waals surface area contributed by atoms with Crippen LogP contribution in [0.1, 0.15) is 32.6 Å². The van der Waals surface area contributed by atoms with Gasteiger partial charge < -0.3 is 20.1 Å². The fraction of sp³-hybridized carbons (Fsp3) is 0.611. The first kappa shape index (κ1) is 16.1. The summed E-state index contributed by atoms with van der Waals surface area (Å²) in [6, 6.07) is 7.84. The van der Waals surface area contributed by atoms with Crippen molar-refractivity contribution in [3.8, 4) is 11.5 Å². The number of hydrogen-bond acceptors (Lipinski definition) is 4. The molecular formula is C18H26N2O3. The summed E-state index contributed by atoms with van der Waals surface area (Å²) >= 11 is 0. The molecule has 1 amide bonds. The standard InChI is InChI=1S/C18H26N2O3/c1-2-9-20(18(21)13-7-8-14(19)10-13)11-15-12-22-16-5-3-4-6-17(16)23-15/h3-6,13-15H,2,7-12,19H2,1H3/t13-,14-,15-/m1/s1. The van der Waals surface area contributed by atoms with Crippen LogP contribution in [0.15, 0.2) is 24.3 Å². The molecule has 23 heavy (non-hydrogen) atoms. The number of para-hydroxylation sites is 2. The highest BCUT2D eigenvalue weighted by Gasteiger charge is 2.32. The summed E-state index contributed by atoms with van der Waals surface area (Å²) < 4.78 is 11.8. The van der Waals surface area contributed by atoms with Crippen LogP contribution in [0.4, 0.5) is 0 Å². The number of ether oxygens (including phenoxy) is 2. The second kappa shape index (κ2) is 7.21. The lowest BCUT2D eigenvalue weighted by molar-refractivity contribution is -0.137. The van der Waals surface area contributed by atoms with E-state index in [0.717, 1.165) is 43.7 Å². The molecule has 5 nitrogen and oxygen atoms in total. The van der Waals surface area contributed by atoms with Crippen molar-refractivity contribution < 1.29 is 14.3 Å². The molecule has 1 aliphatic heterocycles. The van der Waals surface area contributed by atoms with Gasteiger partial charge in [-0.2, -0.15) is 0 Å². The van der Waals surface area contributed by atoms with Gasteiger partial charge in [0.15, 0.2) is 17.6 Å². The van der Waals surface area contributed by atoms with Gasteiger partial charge in [0.05, 0.1) is 6.54 Å². The predicted molar refractivity (Wildman–Crippen MR) is 88.5 cm³/mol. The highest BCUT2D eigenvalue weighted by molar-refractivity contribution is 5.79. The molecule has 1 saturated carbocycles. The third-order valence-electron chi connectivity index (χ3n) is 4.62. The van der Waals surface area contributed by atoms with Crippen molar-refractivity contribution in [3.05, 3.63) is 24.3 Å². The quantitative estimate of drug-likeness (QED) is 0.904. The van der Waals surface area contributed by atoms with E-state index in [1.807, 2.05) is 29.2 Å². The zero-order valence-electron chi connectivity index (χ0n) is 13.7. The molecule has 0 bridgehead atoms. The van der Waals surface area contributed by atoms with Gasteiger partial charge in [-0.25, -0.2) is 0 Å². The number of benzene rings is 1. The van der Waals surface area contributed by atoms with E-state index in [-0.39, 0.29) is 24.0 Å². The minimum Gasteiger partial charge on any atom is -0.486 e. The van der Waals surface area contributed by atoms with Gasteiger partial charge in [-0.1, -0.05) is 19.1 Å². The molecule has 3 rings (SSSR count). The summed E-state index contributed by atoms with van der Waals surface area (Å²) in [4.78, 5) is 14.7. The Hall–Kier alpha value is -1.75. The third kappa shape index (κ3) is 3.78. The van der Waals surface area contributed by atoms with Gasteiger partial charge in [0.25, 0.3) is 0 Å². The van der Waals surface area contributed by atoms with Crippen LogP contribution in [0.25, 0.3) is 0 Å². The first-order valence-electron chi connectivity index (χ1n) is 8.60. The van der Waals surface area contributed by atoms with Crippen molar-refractivity contribution in [2.24, 2.45) is 11.7 Å². The smallest absolute Gasteiger partial charge is 0.225 e. The topological polar surface area (TPSA) is 64.8 Å². The molecule has 126 valence electrons. The van der Waals surface area contributed by atoms with Crippen LogP contribution in [0.3, 0.4) is 0 Å². The predicted octanol–water partition coefficient (Wildman–Crippen LogP) is 2.19. The summed E-state index contributed by atoms with van der Waals surface area (Å²) in [5.74, 6) is 1.84. The first-order chi connectivity index (χ1) is 11.2.